The van der Waals surface area contributed by atoms with Gasteiger partial charge in [0.1, 0.15) is 5.52 Å². The first-order chi connectivity index (χ1) is 9.15. The zero-order valence-electron chi connectivity index (χ0n) is 10.8. The van der Waals surface area contributed by atoms with Gasteiger partial charge in [0.15, 0.2) is 0 Å². The molecule has 0 atom stereocenters. The van der Waals surface area contributed by atoms with E-state index in [-0.39, 0.29) is 0 Å². The SMILES string of the molecule is Cc1nn(C)cc1CNc1ccc2scnc2c1N. The second kappa shape index (κ2) is 4.55. The van der Waals surface area contributed by atoms with Crippen LogP contribution >= 0.6 is 11.3 Å². The van der Waals surface area contributed by atoms with Gasteiger partial charge in [-0.05, 0) is 19.1 Å². The van der Waals surface area contributed by atoms with Crippen molar-refractivity contribution in [1.29, 1.82) is 0 Å². The monoisotopic (exact) mass is 273 g/mol. The van der Waals surface area contributed by atoms with E-state index in [1.54, 1.807) is 11.3 Å². The number of aromatic nitrogens is 3. The first-order valence-corrected chi connectivity index (χ1v) is 6.88. The fourth-order valence-corrected chi connectivity index (χ4v) is 2.81. The first kappa shape index (κ1) is 12.0. The molecule has 2 aromatic heterocycles. The van der Waals surface area contributed by atoms with Gasteiger partial charge in [-0.1, -0.05) is 0 Å². The molecule has 0 aliphatic carbocycles. The molecule has 0 unspecified atom stereocenters. The van der Waals surface area contributed by atoms with Crippen LogP contribution in [0.1, 0.15) is 11.3 Å². The molecule has 0 amide bonds. The number of nitrogen functional groups attached to an aromatic ring is 1. The molecule has 0 saturated carbocycles. The summed E-state index contributed by atoms with van der Waals surface area (Å²) < 4.78 is 2.93. The van der Waals surface area contributed by atoms with Crippen molar-refractivity contribution in [3.63, 3.8) is 0 Å². The molecule has 19 heavy (non-hydrogen) atoms. The summed E-state index contributed by atoms with van der Waals surface area (Å²) in [6.45, 7) is 2.71. The maximum atomic E-state index is 6.13. The zero-order chi connectivity index (χ0) is 13.4. The summed E-state index contributed by atoms with van der Waals surface area (Å²) in [6, 6.07) is 4.04. The summed E-state index contributed by atoms with van der Waals surface area (Å²) in [7, 11) is 1.92. The number of hydrogen-bond donors (Lipinski definition) is 2. The molecule has 0 radical (unpaired) electrons. The number of nitrogens with one attached hydrogen (secondary N) is 1. The number of thiazole rings is 1. The lowest BCUT2D eigenvalue weighted by Crippen LogP contribution is -2.03. The van der Waals surface area contributed by atoms with E-state index in [1.807, 2.05) is 42.5 Å². The molecule has 0 spiro atoms. The number of nitrogens with two attached hydrogens (primary N) is 1. The molecule has 3 rings (SSSR count). The van der Waals surface area contributed by atoms with Crippen LogP contribution in [0.2, 0.25) is 0 Å². The summed E-state index contributed by atoms with van der Waals surface area (Å²) in [4.78, 5) is 4.29. The Morgan fingerprint density at radius 2 is 2.26 bits per heavy atom. The Kier molecular flexibility index (Phi) is 2.87. The normalized spacial score (nSPS) is 11.1. The summed E-state index contributed by atoms with van der Waals surface area (Å²) in [5.74, 6) is 0. The molecule has 6 heteroatoms. The predicted octanol–water partition coefficient (Wildman–Crippen LogP) is 2.53. The molecule has 0 bridgehead atoms. The highest BCUT2D eigenvalue weighted by molar-refractivity contribution is 7.16. The van der Waals surface area contributed by atoms with Crippen LogP contribution < -0.4 is 11.1 Å². The number of nitrogens with zero attached hydrogens (tertiary/aromatic N) is 3. The Morgan fingerprint density at radius 1 is 1.42 bits per heavy atom. The molecule has 3 aromatic rings. The second-order valence-electron chi connectivity index (χ2n) is 4.49. The van der Waals surface area contributed by atoms with Gasteiger partial charge >= 0.3 is 0 Å². The number of aryl methyl sites for hydroxylation is 2. The lowest BCUT2D eigenvalue weighted by atomic mass is 10.2. The minimum Gasteiger partial charge on any atom is -0.395 e. The molecular weight excluding hydrogens is 258 g/mol. The van der Waals surface area contributed by atoms with E-state index in [2.05, 4.69) is 15.4 Å². The minimum atomic E-state index is 0.708. The van der Waals surface area contributed by atoms with Gasteiger partial charge in [0.2, 0.25) is 0 Å². The molecule has 98 valence electrons. The van der Waals surface area contributed by atoms with Crippen molar-refractivity contribution < 1.29 is 0 Å². The second-order valence-corrected chi connectivity index (χ2v) is 5.38. The highest BCUT2D eigenvalue weighted by atomic mass is 32.1. The van der Waals surface area contributed by atoms with E-state index in [4.69, 9.17) is 5.73 Å². The quantitative estimate of drug-likeness (QED) is 0.720. The van der Waals surface area contributed by atoms with Gasteiger partial charge in [-0.15, -0.1) is 11.3 Å². The van der Waals surface area contributed by atoms with Crippen molar-refractivity contribution in [2.45, 2.75) is 13.5 Å². The van der Waals surface area contributed by atoms with Gasteiger partial charge in [-0.2, -0.15) is 5.10 Å². The van der Waals surface area contributed by atoms with Crippen LogP contribution in [0.15, 0.2) is 23.8 Å². The summed E-state index contributed by atoms with van der Waals surface area (Å²) in [5.41, 5.74) is 12.6. The molecule has 0 aliphatic heterocycles. The van der Waals surface area contributed by atoms with Crippen LogP contribution in [-0.2, 0) is 13.6 Å². The van der Waals surface area contributed by atoms with Crippen LogP contribution in [0, 0.1) is 6.92 Å². The standard InChI is InChI=1S/C13H15N5S/c1-8-9(6-18(2)17-8)5-15-10-3-4-11-13(12(10)14)16-7-19-11/h3-4,6-7,15H,5,14H2,1-2H3. The molecular formula is C13H15N5S. The lowest BCUT2D eigenvalue weighted by Gasteiger charge is -2.09. The topological polar surface area (TPSA) is 68.8 Å². The number of rotatable bonds is 3. The Hall–Kier alpha value is -2.08. The molecule has 0 aliphatic rings. The van der Waals surface area contributed by atoms with Gasteiger partial charge in [-0.3, -0.25) is 4.68 Å². The maximum absolute atomic E-state index is 6.13. The van der Waals surface area contributed by atoms with Crippen molar-refractivity contribution >= 4 is 32.9 Å². The zero-order valence-corrected chi connectivity index (χ0v) is 11.7. The number of hydrogen-bond acceptors (Lipinski definition) is 5. The molecule has 0 saturated heterocycles. The third-order valence-electron chi connectivity index (χ3n) is 3.13. The Morgan fingerprint density at radius 3 is 3.00 bits per heavy atom. The fourth-order valence-electron chi connectivity index (χ4n) is 2.12. The smallest absolute Gasteiger partial charge is 0.106 e. The summed E-state index contributed by atoms with van der Waals surface area (Å²) in [5, 5.41) is 7.67. The third-order valence-corrected chi connectivity index (χ3v) is 3.92. The third kappa shape index (κ3) is 2.15. The molecule has 1 aromatic carbocycles. The average Bonchev–Trinajstić information content (AvgIpc) is 2.96. The average molecular weight is 273 g/mol. The van der Waals surface area contributed by atoms with Crippen molar-refractivity contribution in [3.05, 3.63) is 35.1 Å². The molecule has 2 heterocycles. The van der Waals surface area contributed by atoms with Crippen molar-refractivity contribution in [2.24, 2.45) is 7.05 Å². The van der Waals surface area contributed by atoms with Crippen LogP contribution in [0.4, 0.5) is 11.4 Å². The minimum absolute atomic E-state index is 0.708. The Labute approximate surface area is 115 Å². The van der Waals surface area contributed by atoms with Gasteiger partial charge < -0.3 is 11.1 Å². The van der Waals surface area contributed by atoms with Crippen LogP contribution in [0.5, 0.6) is 0 Å². The van der Waals surface area contributed by atoms with Crippen molar-refractivity contribution in [3.8, 4) is 0 Å². The van der Waals surface area contributed by atoms with Crippen LogP contribution in [0.25, 0.3) is 10.2 Å². The number of fused-ring (bicyclic) bond motifs is 1. The van der Waals surface area contributed by atoms with Gasteiger partial charge in [0.05, 0.1) is 27.3 Å². The van der Waals surface area contributed by atoms with E-state index in [1.165, 1.54) is 5.56 Å². The highest BCUT2D eigenvalue weighted by Gasteiger charge is 2.08. The van der Waals surface area contributed by atoms with E-state index in [9.17, 15) is 0 Å². The number of anilines is 2. The summed E-state index contributed by atoms with van der Waals surface area (Å²) >= 11 is 1.60. The maximum Gasteiger partial charge on any atom is 0.106 e. The first-order valence-electron chi connectivity index (χ1n) is 6.00. The van der Waals surface area contributed by atoms with E-state index in [0.717, 1.165) is 21.6 Å². The lowest BCUT2D eigenvalue weighted by molar-refractivity contribution is 0.756. The molecule has 3 N–H and O–H groups in total. The van der Waals surface area contributed by atoms with Gasteiger partial charge in [0, 0.05) is 25.4 Å². The van der Waals surface area contributed by atoms with E-state index in [0.29, 0.717) is 12.2 Å². The van der Waals surface area contributed by atoms with Crippen LogP contribution in [0.3, 0.4) is 0 Å². The predicted molar refractivity (Wildman–Crippen MR) is 79.3 cm³/mol. The van der Waals surface area contributed by atoms with Crippen molar-refractivity contribution in [2.75, 3.05) is 11.1 Å². The summed E-state index contributed by atoms with van der Waals surface area (Å²) in [6.07, 6.45) is 2.01. The van der Waals surface area contributed by atoms with Gasteiger partial charge in [0.25, 0.3) is 0 Å². The molecule has 0 fully saturated rings. The Balaban J connectivity index is 1.85. The largest absolute Gasteiger partial charge is 0.395 e. The number of benzene rings is 1. The Bertz CT molecular complexity index is 728. The van der Waals surface area contributed by atoms with E-state index < -0.39 is 0 Å². The molecule has 5 nitrogen and oxygen atoms in total. The fraction of sp³-hybridized carbons (Fsp3) is 0.231. The van der Waals surface area contributed by atoms with Gasteiger partial charge in [-0.25, -0.2) is 4.98 Å². The van der Waals surface area contributed by atoms with Crippen molar-refractivity contribution in [1.82, 2.24) is 14.8 Å². The van der Waals surface area contributed by atoms with Crippen LogP contribution in [-0.4, -0.2) is 14.8 Å². The van der Waals surface area contributed by atoms with E-state index >= 15 is 0 Å². The highest BCUT2D eigenvalue weighted by Crippen LogP contribution is 2.30.